The van der Waals surface area contributed by atoms with Gasteiger partial charge in [-0.05, 0) is 31.9 Å². The molecular formula is C12H17F2N3O. The van der Waals surface area contributed by atoms with Gasteiger partial charge in [0.15, 0.2) is 0 Å². The quantitative estimate of drug-likeness (QED) is 0.807. The third-order valence-electron chi connectivity index (χ3n) is 3.07. The van der Waals surface area contributed by atoms with Crippen molar-refractivity contribution in [2.45, 2.75) is 26.5 Å². The van der Waals surface area contributed by atoms with Crippen LogP contribution in [0.15, 0.2) is 12.4 Å². The molecule has 0 bridgehead atoms. The van der Waals surface area contributed by atoms with Gasteiger partial charge in [-0.25, -0.2) is 9.97 Å². The highest BCUT2D eigenvalue weighted by Crippen LogP contribution is 2.19. The summed E-state index contributed by atoms with van der Waals surface area (Å²) < 4.78 is 28.2. The van der Waals surface area contributed by atoms with E-state index >= 15 is 0 Å². The zero-order chi connectivity index (χ0) is 13.0. The Kier molecular flexibility index (Phi) is 4.54. The van der Waals surface area contributed by atoms with Crippen molar-refractivity contribution in [3.05, 3.63) is 23.8 Å². The first-order chi connectivity index (χ1) is 8.63. The lowest BCUT2D eigenvalue weighted by atomic mass is 10.1. The van der Waals surface area contributed by atoms with Gasteiger partial charge in [0.05, 0.1) is 12.3 Å². The highest BCUT2D eigenvalue weighted by atomic mass is 19.3. The van der Waals surface area contributed by atoms with Crippen molar-refractivity contribution in [2.24, 2.45) is 5.92 Å². The molecule has 1 aliphatic rings. The summed E-state index contributed by atoms with van der Waals surface area (Å²) in [4.78, 5) is 10.5. The summed E-state index contributed by atoms with van der Waals surface area (Å²) in [5, 5.41) is 0. The van der Waals surface area contributed by atoms with Crippen molar-refractivity contribution < 1.29 is 13.5 Å². The molecule has 1 aliphatic heterocycles. The van der Waals surface area contributed by atoms with Crippen LogP contribution in [0.25, 0.3) is 0 Å². The zero-order valence-electron chi connectivity index (χ0n) is 10.4. The lowest BCUT2D eigenvalue weighted by molar-refractivity contribution is -0.137. The molecule has 1 fully saturated rings. The van der Waals surface area contributed by atoms with Gasteiger partial charge in [-0.3, -0.25) is 4.90 Å². The molecule has 0 radical (unpaired) electrons. The van der Waals surface area contributed by atoms with Crippen LogP contribution in [-0.2, 0) is 11.3 Å². The highest BCUT2D eigenvalue weighted by molar-refractivity contribution is 5.06. The molecule has 0 aliphatic carbocycles. The minimum atomic E-state index is -2.66. The van der Waals surface area contributed by atoms with E-state index in [1.54, 1.807) is 6.33 Å². The first kappa shape index (κ1) is 13.3. The van der Waals surface area contributed by atoms with Crippen LogP contribution in [0.3, 0.4) is 0 Å². The number of hydrogen-bond acceptors (Lipinski definition) is 4. The standard InChI is InChI=1S/C12H17F2N3O/c1-9-4-11(16-8-15-9)6-17-3-2-10(5-17)7-18-12(13)14/h4,8,10,12H,2-3,5-7H2,1H3. The Morgan fingerprint density at radius 2 is 2.33 bits per heavy atom. The van der Waals surface area contributed by atoms with Gasteiger partial charge < -0.3 is 4.74 Å². The van der Waals surface area contributed by atoms with E-state index in [4.69, 9.17) is 0 Å². The number of hydrogen-bond donors (Lipinski definition) is 0. The molecule has 100 valence electrons. The van der Waals surface area contributed by atoms with Gasteiger partial charge >= 0.3 is 6.61 Å². The fraction of sp³-hybridized carbons (Fsp3) is 0.667. The molecule has 6 heteroatoms. The lowest BCUT2D eigenvalue weighted by Gasteiger charge is -2.15. The van der Waals surface area contributed by atoms with Crippen LogP contribution in [0, 0.1) is 12.8 Å². The smallest absolute Gasteiger partial charge is 0.323 e. The second kappa shape index (κ2) is 6.15. The van der Waals surface area contributed by atoms with Gasteiger partial charge in [0.2, 0.25) is 0 Å². The van der Waals surface area contributed by atoms with E-state index in [-0.39, 0.29) is 12.5 Å². The SMILES string of the molecule is Cc1cc(CN2CCC(COC(F)F)C2)ncn1. The Morgan fingerprint density at radius 1 is 1.50 bits per heavy atom. The number of ether oxygens (including phenoxy) is 1. The Hall–Kier alpha value is -1.14. The number of likely N-dealkylation sites (tertiary alicyclic amines) is 1. The molecule has 18 heavy (non-hydrogen) atoms. The molecule has 2 rings (SSSR count). The van der Waals surface area contributed by atoms with E-state index < -0.39 is 6.61 Å². The molecule has 0 saturated carbocycles. The number of aromatic nitrogens is 2. The van der Waals surface area contributed by atoms with Gasteiger partial charge in [-0.2, -0.15) is 8.78 Å². The van der Waals surface area contributed by atoms with E-state index in [0.29, 0.717) is 0 Å². The lowest BCUT2D eigenvalue weighted by Crippen LogP contribution is -2.22. The second-order valence-electron chi connectivity index (χ2n) is 4.63. The molecule has 4 nitrogen and oxygen atoms in total. The molecule has 0 N–H and O–H groups in total. The third-order valence-corrected chi connectivity index (χ3v) is 3.07. The normalized spacial score (nSPS) is 20.8. The van der Waals surface area contributed by atoms with E-state index in [9.17, 15) is 8.78 Å². The van der Waals surface area contributed by atoms with Crippen molar-refractivity contribution >= 4 is 0 Å². The Labute approximate surface area is 105 Å². The summed E-state index contributed by atoms with van der Waals surface area (Å²) in [7, 11) is 0. The predicted molar refractivity (Wildman–Crippen MR) is 62.1 cm³/mol. The van der Waals surface area contributed by atoms with Crippen LogP contribution in [0.1, 0.15) is 17.8 Å². The maximum absolute atomic E-state index is 11.9. The summed E-state index contributed by atoms with van der Waals surface area (Å²) in [6, 6.07) is 1.95. The summed E-state index contributed by atoms with van der Waals surface area (Å²) in [5.41, 5.74) is 1.91. The average molecular weight is 257 g/mol. The summed E-state index contributed by atoms with van der Waals surface area (Å²) in [6.45, 7) is 1.83. The Morgan fingerprint density at radius 3 is 3.06 bits per heavy atom. The monoisotopic (exact) mass is 257 g/mol. The van der Waals surface area contributed by atoms with Gasteiger partial charge in [0.25, 0.3) is 0 Å². The number of halogens is 2. The first-order valence-electron chi connectivity index (χ1n) is 6.03. The average Bonchev–Trinajstić information content (AvgIpc) is 2.74. The molecule has 0 spiro atoms. The van der Waals surface area contributed by atoms with Crippen molar-refractivity contribution in [1.29, 1.82) is 0 Å². The van der Waals surface area contributed by atoms with Crippen molar-refractivity contribution in [1.82, 2.24) is 14.9 Å². The van der Waals surface area contributed by atoms with Crippen LogP contribution in [0.2, 0.25) is 0 Å². The van der Waals surface area contributed by atoms with Gasteiger partial charge in [-0.1, -0.05) is 0 Å². The molecule has 1 aromatic heterocycles. The number of rotatable bonds is 5. The Balaban J connectivity index is 1.79. The van der Waals surface area contributed by atoms with E-state index in [0.717, 1.165) is 37.4 Å². The highest BCUT2D eigenvalue weighted by Gasteiger charge is 2.23. The number of alkyl halides is 2. The minimum Gasteiger partial charge on any atom is -0.323 e. The van der Waals surface area contributed by atoms with Crippen LogP contribution < -0.4 is 0 Å². The van der Waals surface area contributed by atoms with Crippen molar-refractivity contribution in [3.8, 4) is 0 Å². The molecule has 1 saturated heterocycles. The molecule has 0 aromatic carbocycles. The Bertz CT molecular complexity index is 389. The maximum Gasteiger partial charge on any atom is 0.345 e. The van der Waals surface area contributed by atoms with Crippen LogP contribution in [0.4, 0.5) is 8.78 Å². The topological polar surface area (TPSA) is 38.2 Å². The largest absolute Gasteiger partial charge is 0.345 e. The third kappa shape index (κ3) is 3.96. The molecule has 1 unspecified atom stereocenters. The molecule has 1 aromatic rings. The maximum atomic E-state index is 11.9. The molecular weight excluding hydrogens is 240 g/mol. The van der Waals surface area contributed by atoms with Crippen molar-refractivity contribution in [2.75, 3.05) is 19.7 Å². The molecule has 0 amide bonds. The van der Waals surface area contributed by atoms with Crippen LogP contribution in [-0.4, -0.2) is 41.2 Å². The van der Waals surface area contributed by atoms with E-state index in [2.05, 4.69) is 19.6 Å². The van der Waals surface area contributed by atoms with Crippen LogP contribution >= 0.6 is 0 Å². The van der Waals surface area contributed by atoms with Gasteiger partial charge in [-0.15, -0.1) is 0 Å². The summed E-state index contributed by atoms with van der Waals surface area (Å²) >= 11 is 0. The van der Waals surface area contributed by atoms with Crippen LogP contribution in [0.5, 0.6) is 0 Å². The van der Waals surface area contributed by atoms with Gasteiger partial charge in [0.1, 0.15) is 6.33 Å². The predicted octanol–water partition coefficient (Wildman–Crippen LogP) is 1.85. The van der Waals surface area contributed by atoms with E-state index in [1.165, 1.54) is 0 Å². The summed E-state index contributed by atoms with van der Waals surface area (Å²) in [5.74, 6) is 0.196. The minimum absolute atomic E-state index is 0.136. The fourth-order valence-corrected chi connectivity index (χ4v) is 2.23. The van der Waals surface area contributed by atoms with Gasteiger partial charge in [0, 0.05) is 18.8 Å². The van der Waals surface area contributed by atoms with Crippen molar-refractivity contribution in [3.63, 3.8) is 0 Å². The van der Waals surface area contributed by atoms with E-state index in [1.807, 2.05) is 13.0 Å². The second-order valence-corrected chi connectivity index (χ2v) is 4.63. The first-order valence-corrected chi connectivity index (χ1v) is 6.03. The fourth-order valence-electron chi connectivity index (χ4n) is 2.23. The molecule has 2 heterocycles. The zero-order valence-corrected chi connectivity index (χ0v) is 10.4. The number of aryl methyl sites for hydroxylation is 1. The summed E-state index contributed by atoms with van der Waals surface area (Å²) in [6.07, 6.45) is 2.45. The molecule has 1 atom stereocenters. The number of nitrogens with zero attached hydrogens (tertiary/aromatic N) is 3.